The van der Waals surface area contributed by atoms with E-state index < -0.39 is 40.8 Å². The van der Waals surface area contributed by atoms with Gasteiger partial charge in [0, 0.05) is 11.3 Å². The molecule has 0 saturated carbocycles. The van der Waals surface area contributed by atoms with E-state index in [1.807, 2.05) is 42.5 Å². The maximum atomic E-state index is 13.2. The Hall–Kier alpha value is -3.24. The van der Waals surface area contributed by atoms with Crippen LogP contribution in [-0.4, -0.2) is 68.9 Å². The van der Waals surface area contributed by atoms with Crippen molar-refractivity contribution in [1.82, 2.24) is 15.5 Å². The van der Waals surface area contributed by atoms with Crippen molar-refractivity contribution in [3.05, 3.63) is 65.7 Å². The molecule has 0 aliphatic carbocycles. The summed E-state index contributed by atoms with van der Waals surface area (Å²) in [5.41, 5.74) is 1.62. The number of carboxylic acids is 1. The van der Waals surface area contributed by atoms with Crippen molar-refractivity contribution in [3.8, 4) is 5.75 Å². The molecule has 1 saturated heterocycles. The number of hydrogen-bond donors (Lipinski definition) is 4. The Balaban J connectivity index is 1.74. The van der Waals surface area contributed by atoms with Crippen molar-refractivity contribution in [2.24, 2.45) is 0 Å². The van der Waals surface area contributed by atoms with Crippen molar-refractivity contribution < 1.29 is 29.3 Å². The van der Waals surface area contributed by atoms with Crippen LogP contribution >= 0.6 is 11.8 Å². The molecule has 0 bridgehead atoms. The highest BCUT2D eigenvalue weighted by Crippen LogP contribution is 2.39. The third-order valence-electron chi connectivity index (χ3n) is 5.90. The maximum absolute atomic E-state index is 13.2. The largest absolute Gasteiger partial charge is 0.497 e. The van der Waals surface area contributed by atoms with Gasteiger partial charge in [0.1, 0.15) is 11.8 Å². The first-order valence-corrected chi connectivity index (χ1v) is 12.2. The number of rotatable bonds is 9. The second kappa shape index (κ2) is 11.5. The lowest BCUT2D eigenvalue weighted by Gasteiger charge is -2.31. The van der Waals surface area contributed by atoms with Crippen LogP contribution in [0.5, 0.6) is 5.75 Å². The molecule has 1 heterocycles. The lowest BCUT2D eigenvalue weighted by atomic mass is 9.98. The highest BCUT2D eigenvalue weighted by Gasteiger charge is 2.50. The number of nitrogens with zero attached hydrogens (tertiary/aromatic N) is 1. The summed E-state index contributed by atoms with van der Waals surface area (Å²) < 4.78 is 4.48. The normalized spacial score (nSPS) is 18.4. The Morgan fingerprint density at radius 3 is 2.49 bits per heavy atom. The van der Waals surface area contributed by atoms with E-state index in [2.05, 4.69) is 10.6 Å². The number of amides is 3. The van der Waals surface area contributed by atoms with Crippen LogP contribution in [0, 0.1) is 0 Å². The number of carboxylic acid groups (broad SMARTS) is 1. The zero-order valence-electron chi connectivity index (χ0n) is 19.9. The fourth-order valence-corrected chi connectivity index (χ4v) is 5.16. The van der Waals surface area contributed by atoms with E-state index in [0.29, 0.717) is 5.75 Å². The van der Waals surface area contributed by atoms with Gasteiger partial charge in [-0.25, -0.2) is 9.59 Å². The van der Waals surface area contributed by atoms with E-state index in [1.54, 1.807) is 33.1 Å². The van der Waals surface area contributed by atoms with Crippen molar-refractivity contribution >= 4 is 29.7 Å². The number of ether oxygens (including phenoxy) is 1. The molecule has 1 fully saturated rings. The number of hydrogen-bond acceptors (Lipinski definition) is 6. The van der Waals surface area contributed by atoms with Gasteiger partial charge in [0.05, 0.1) is 19.0 Å². The molecule has 1 aliphatic heterocycles. The van der Waals surface area contributed by atoms with Gasteiger partial charge in [0.25, 0.3) is 5.91 Å². The molecule has 3 amide bonds. The number of carbonyl (C=O) groups is 3. The van der Waals surface area contributed by atoms with Gasteiger partial charge in [-0.2, -0.15) is 0 Å². The van der Waals surface area contributed by atoms with Crippen LogP contribution < -0.4 is 15.4 Å². The highest BCUT2D eigenvalue weighted by molar-refractivity contribution is 8.00. The summed E-state index contributed by atoms with van der Waals surface area (Å²) in [6.07, 6.45) is -1.45. The first kappa shape index (κ1) is 26.4. The molecule has 0 aromatic heterocycles. The smallest absolute Gasteiger partial charge is 0.327 e. The molecule has 0 radical (unpaired) electrons. The summed E-state index contributed by atoms with van der Waals surface area (Å²) in [5.74, 6) is -1.07. The third kappa shape index (κ3) is 6.67. The lowest BCUT2D eigenvalue weighted by Crippen LogP contribution is -2.57. The maximum Gasteiger partial charge on any atom is 0.327 e. The predicted octanol–water partition coefficient (Wildman–Crippen LogP) is 2.23. The summed E-state index contributed by atoms with van der Waals surface area (Å²) in [4.78, 5) is 39.0. The number of urea groups is 1. The van der Waals surface area contributed by atoms with Gasteiger partial charge in [-0.05, 0) is 43.5 Å². The third-order valence-corrected chi connectivity index (χ3v) is 7.27. The summed E-state index contributed by atoms with van der Waals surface area (Å²) in [7, 11) is 1.56. The molecular formula is C25H31N3O6S. The average molecular weight is 502 g/mol. The molecule has 35 heavy (non-hydrogen) atoms. The van der Waals surface area contributed by atoms with Crippen molar-refractivity contribution in [2.75, 3.05) is 13.0 Å². The van der Waals surface area contributed by atoms with E-state index in [-0.39, 0.29) is 18.8 Å². The van der Waals surface area contributed by atoms with Gasteiger partial charge in [0.15, 0.2) is 6.10 Å². The SMILES string of the molecule is COc1cccc(CNC(=O)N[C@@H](Cc2ccccc2)[C@H](O)C(=O)N2CSC(C)(C)[C@H]2C(=O)O)c1. The number of aliphatic hydroxyl groups is 1. The van der Waals surface area contributed by atoms with Gasteiger partial charge >= 0.3 is 12.0 Å². The lowest BCUT2D eigenvalue weighted by molar-refractivity contribution is -0.154. The van der Waals surface area contributed by atoms with Gasteiger partial charge < -0.3 is 30.5 Å². The highest BCUT2D eigenvalue weighted by atomic mass is 32.2. The van der Waals surface area contributed by atoms with Crippen LogP contribution in [0.25, 0.3) is 0 Å². The second-order valence-electron chi connectivity index (χ2n) is 8.85. The summed E-state index contributed by atoms with van der Waals surface area (Å²) >= 11 is 1.33. The molecule has 2 aromatic carbocycles. The van der Waals surface area contributed by atoms with E-state index in [1.165, 1.54) is 16.7 Å². The Morgan fingerprint density at radius 2 is 1.83 bits per heavy atom. The minimum Gasteiger partial charge on any atom is -0.497 e. The second-order valence-corrected chi connectivity index (χ2v) is 10.4. The monoisotopic (exact) mass is 501 g/mol. The number of aliphatic carboxylic acids is 1. The van der Waals surface area contributed by atoms with Crippen LogP contribution in [-0.2, 0) is 22.6 Å². The molecule has 1 aliphatic rings. The molecule has 2 aromatic rings. The standard InChI is InChI=1S/C25H31N3O6S/c1-25(2)21(23(31)32)28(15-35-25)22(30)20(29)19(13-16-8-5-4-6-9-16)27-24(33)26-14-17-10-7-11-18(12-17)34-3/h4-12,19-21,29H,13-15H2,1-3H3,(H,31,32)(H2,26,27,33)/t19-,20-,21+/m0/s1. The topological polar surface area (TPSA) is 128 Å². The number of carbonyl (C=O) groups excluding carboxylic acids is 2. The summed E-state index contributed by atoms with van der Waals surface area (Å²) in [6.45, 7) is 3.72. The fourth-order valence-electron chi connectivity index (χ4n) is 4.02. The van der Waals surface area contributed by atoms with E-state index in [4.69, 9.17) is 4.74 Å². The van der Waals surface area contributed by atoms with Gasteiger partial charge in [0.2, 0.25) is 0 Å². The van der Waals surface area contributed by atoms with E-state index in [0.717, 1.165) is 11.1 Å². The zero-order valence-corrected chi connectivity index (χ0v) is 20.7. The van der Waals surface area contributed by atoms with Crippen LogP contribution in [0.2, 0.25) is 0 Å². The van der Waals surface area contributed by atoms with Gasteiger partial charge in [-0.1, -0.05) is 42.5 Å². The summed E-state index contributed by atoms with van der Waals surface area (Å²) in [5, 5.41) is 26.2. The first-order valence-electron chi connectivity index (χ1n) is 11.2. The Labute approximate surface area is 208 Å². The summed E-state index contributed by atoms with van der Waals surface area (Å²) in [6, 6.07) is 13.7. The number of benzene rings is 2. The molecule has 3 rings (SSSR count). The number of aliphatic hydroxyl groups excluding tert-OH is 1. The van der Waals surface area contributed by atoms with Crippen molar-refractivity contribution in [2.45, 2.75) is 49.7 Å². The molecule has 9 nitrogen and oxygen atoms in total. The van der Waals surface area contributed by atoms with Gasteiger partial charge in [-0.15, -0.1) is 11.8 Å². The fraction of sp³-hybridized carbons (Fsp3) is 0.400. The van der Waals surface area contributed by atoms with Crippen LogP contribution in [0.4, 0.5) is 4.79 Å². The number of thioether (sulfide) groups is 1. The van der Waals surface area contributed by atoms with Crippen LogP contribution in [0.3, 0.4) is 0 Å². The quantitative estimate of drug-likeness (QED) is 0.415. The number of nitrogens with one attached hydrogen (secondary N) is 2. The predicted molar refractivity (Wildman–Crippen MR) is 133 cm³/mol. The first-order chi connectivity index (χ1) is 16.6. The average Bonchev–Trinajstić information content (AvgIpc) is 3.17. The Morgan fingerprint density at radius 1 is 1.14 bits per heavy atom. The van der Waals surface area contributed by atoms with Crippen LogP contribution in [0.1, 0.15) is 25.0 Å². The Kier molecular flexibility index (Phi) is 8.63. The van der Waals surface area contributed by atoms with Crippen molar-refractivity contribution in [1.29, 1.82) is 0 Å². The molecular weight excluding hydrogens is 470 g/mol. The zero-order chi connectivity index (χ0) is 25.6. The van der Waals surface area contributed by atoms with E-state index >= 15 is 0 Å². The minimum absolute atomic E-state index is 0.139. The molecule has 0 spiro atoms. The molecule has 188 valence electrons. The van der Waals surface area contributed by atoms with Crippen molar-refractivity contribution in [3.63, 3.8) is 0 Å². The van der Waals surface area contributed by atoms with Gasteiger partial charge in [-0.3, -0.25) is 4.79 Å². The molecule has 3 atom stereocenters. The molecule has 4 N–H and O–H groups in total. The number of methoxy groups -OCH3 is 1. The van der Waals surface area contributed by atoms with Crippen LogP contribution in [0.15, 0.2) is 54.6 Å². The Bertz CT molecular complexity index is 1050. The molecule has 10 heteroatoms. The minimum atomic E-state index is -1.63. The molecule has 0 unspecified atom stereocenters. The van der Waals surface area contributed by atoms with E-state index in [9.17, 15) is 24.6 Å².